The molecule has 0 aromatic carbocycles. The second-order valence-electron chi connectivity index (χ2n) is 13.9. The van der Waals surface area contributed by atoms with Crippen LogP contribution in [-0.2, 0) is 33.7 Å². The molecule has 3 aliphatic rings. The third-order valence-electron chi connectivity index (χ3n) is 10.6. The average molecular weight is 624 g/mol. The van der Waals surface area contributed by atoms with Gasteiger partial charge in [0.2, 0.25) is 0 Å². The van der Waals surface area contributed by atoms with E-state index >= 15 is 0 Å². The van der Waals surface area contributed by atoms with Gasteiger partial charge in [0.15, 0.2) is 0 Å². The molecule has 0 radical (unpaired) electrons. The van der Waals surface area contributed by atoms with E-state index in [4.69, 9.17) is 25.0 Å². The highest BCUT2D eigenvalue weighted by Crippen LogP contribution is 2.41. The van der Waals surface area contributed by atoms with E-state index in [2.05, 4.69) is 18.8 Å². The monoisotopic (exact) mass is 623 g/mol. The summed E-state index contributed by atoms with van der Waals surface area (Å²) in [5, 5.41) is 0. The van der Waals surface area contributed by atoms with Gasteiger partial charge in [0.05, 0.1) is 24.5 Å². The molecule has 8 heteroatoms. The maximum atomic E-state index is 13.1. The summed E-state index contributed by atoms with van der Waals surface area (Å²) in [5.74, 6) is 6.36. The Hall–Kier alpha value is -1.22. The summed E-state index contributed by atoms with van der Waals surface area (Å²) in [5.41, 5.74) is 0. The molecule has 2 N–H and O–H groups in total. The Bertz CT molecular complexity index is 764. The molecule has 256 valence electrons. The Balaban J connectivity index is 1.28. The van der Waals surface area contributed by atoms with Gasteiger partial charge < -0.3 is 14.2 Å². The first-order valence-electron chi connectivity index (χ1n) is 18.6. The van der Waals surface area contributed by atoms with Crippen molar-refractivity contribution in [3.8, 4) is 0 Å². The first-order valence-corrected chi connectivity index (χ1v) is 18.6. The highest BCUT2D eigenvalue weighted by molar-refractivity contribution is 5.73. The summed E-state index contributed by atoms with van der Waals surface area (Å²) in [6.45, 7) is 5.73. The molecular weight excluding hydrogens is 558 g/mol. The minimum absolute atomic E-state index is 0.00107. The summed E-state index contributed by atoms with van der Waals surface area (Å²) in [7, 11) is 0. The van der Waals surface area contributed by atoms with Crippen LogP contribution in [0.1, 0.15) is 162 Å². The van der Waals surface area contributed by atoms with E-state index in [0.29, 0.717) is 31.5 Å². The van der Waals surface area contributed by atoms with Gasteiger partial charge >= 0.3 is 11.9 Å². The predicted molar refractivity (Wildman–Crippen MR) is 172 cm³/mol. The van der Waals surface area contributed by atoms with Crippen molar-refractivity contribution in [3.63, 3.8) is 0 Å². The Morgan fingerprint density at radius 2 is 1.14 bits per heavy atom. The summed E-state index contributed by atoms with van der Waals surface area (Å²) >= 11 is 0. The molecular formula is C36H65NO7. The Morgan fingerprint density at radius 1 is 0.591 bits per heavy atom. The number of carbonyl (C=O) groups excluding carboxylic acids is 2. The van der Waals surface area contributed by atoms with Gasteiger partial charge in [0.1, 0.15) is 12.2 Å². The topological polar surface area (TPSA) is 106 Å². The lowest BCUT2D eigenvalue weighted by Crippen LogP contribution is -2.42. The Kier molecular flexibility index (Phi) is 18.9. The number of hydrogen-bond acceptors (Lipinski definition) is 8. The number of ether oxygens (including phenoxy) is 3. The lowest BCUT2D eigenvalue weighted by molar-refractivity contribution is -0.351. The summed E-state index contributed by atoms with van der Waals surface area (Å²) < 4.78 is 17.8. The lowest BCUT2D eigenvalue weighted by atomic mass is 9.70. The van der Waals surface area contributed by atoms with Crippen molar-refractivity contribution in [2.45, 2.75) is 180 Å². The zero-order valence-electron chi connectivity index (χ0n) is 28.2. The molecule has 0 aliphatic heterocycles. The number of carbonyl (C=O) groups is 2. The molecule has 0 amide bonds. The second-order valence-corrected chi connectivity index (χ2v) is 13.9. The van der Waals surface area contributed by atoms with Crippen LogP contribution >= 0.6 is 0 Å². The fraction of sp³-hybridized carbons (Fsp3) is 0.944. The van der Waals surface area contributed by atoms with E-state index < -0.39 is 0 Å². The van der Waals surface area contributed by atoms with Crippen molar-refractivity contribution in [2.24, 2.45) is 29.6 Å². The molecule has 3 atom stereocenters. The molecule has 0 aromatic rings. The van der Waals surface area contributed by atoms with Crippen LogP contribution in [-0.4, -0.2) is 43.5 Å². The van der Waals surface area contributed by atoms with E-state index in [1.165, 1.54) is 57.8 Å². The van der Waals surface area contributed by atoms with E-state index in [1.807, 2.05) is 0 Å². The molecule has 3 rings (SSSR count). The Labute approximate surface area is 268 Å². The minimum Gasteiger partial charge on any atom is -0.465 e. The number of esters is 2. The van der Waals surface area contributed by atoms with E-state index in [1.54, 1.807) is 0 Å². The maximum absolute atomic E-state index is 13.1. The second kappa shape index (κ2) is 22.3. The molecule has 3 unspecified atom stereocenters. The average Bonchev–Trinajstić information content (AvgIpc) is 3.05. The van der Waals surface area contributed by atoms with E-state index in [0.717, 1.165) is 83.5 Å². The zero-order chi connectivity index (χ0) is 31.4. The van der Waals surface area contributed by atoms with Gasteiger partial charge in [-0.1, -0.05) is 78.1 Å². The van der Waals surface area contributed by atoms with Crippen LogP contribution < -0.4 is 5.90 Å². The normalized spacial score (nSPS) is 29.3. The SMILES string of the molecule is CCCCCCCCOC(=O)C1CCC(C2CCC(OC(=O)C3CCC(OCCCCCCCC)C(OON)C3)CC2)CC1. The highest BCUT2D eigenvalue weighted by atomic mass is 17.3. The van der Waals surface area contributed by atoms with Crippen LogP contribution in [0.2, 0.25) is 0 Å². The van der Waals surface area contributed by atoms with Crippen LogP contribution in [0.3, 0.4) is 0 Å². The number of rotatable bonds is 21. The van der Waals surface area contributed by atoms with Gasteiger partial charge in [-0.2, -0.15) is 5.90 Å². The third-order valence-corrected chi connectivity index (χ3v) is 10.6. The smallest absolute Gasteiger partial charge is 0.309 e. The van der Waals surface area contributed by atoms with Crippen LogP contribution in [0.25, 0.3) is 0 Å². The van der Waals surface area contributed by atoms with Gasteiger partial charge in [-0.25, -0.2) is 4.89 Å². The van der Waals surface area contributed by atoms with Crippen molar-refractivity contribution in [1.29, 1.82) is 0 Å². The van der Waals surface area contributed by atoms with E-state index in [9.17, 15) is 9.59 Å². The molecule has 3 aliphatic carbocycles. The van der Waals surface area contributed by atoms with Crippen molar-refractivity contribution in [3.05, 3.63) is 0 Å². The van der Waals surface area contributed by atoms with Crippen molar-refractivity contribution >= 4 is 11.9 Å². The summed E-state index contributed by atoms with van der Waals surface area (Å²) in [6, 6.07) is 0. The zero-order valence-corrected chi connectivity index (χ0v) is 28.2. The van der Waals surface area contributed by atoms with Crippen molar-refractivity contribution in [1.82, 2.24) is 0 Å². The van der Waals surface area contributed by atoms with Gasteiger partial charge in [0, 0.05) is 6.61 Å². The van der Waals surface area contributed by atoms with Gasteiger partial charge in [-0.05, 0) is 95.3 Å². The molecule has 8 nitrogen and oxygen atoms in total. The maximum Gasteiger partial charge on any atom is 0.309 e. The first-order chi connectivity index (χ1) is 21.5. The highest BCUT2D eigenvalue weighted by Gasteiger charge is 2.39. The Morgan fingerprint density at radius 3 is 1.75 bits per heavy atom. The quantitative estimate of drug-likeness (QED) is 0.0587. The van der Waals surface area contributed by atoms with Gasteiger partial charge in [0.25, 0.3) is 0 Å². The molecule has 0 spiro atoms. The molecule has 0 aromatic heterocycles. The molecule has 44 heavy (non-hydrogen) atoms. The van der Waals surface area contributed by atoms with Crippen molar-refractivity contribution in [2.75, 3.05) is 13.2 Å². The summed E-state index contributed by atoms with van der Waals surface area (Å²) in [4.78, 5) is 35.5. The molecule has 0 bridgehead atoms. The van der Waals surface area contributed by atoms with E-state index in [-0.39, 0.29) is 42.1 Å². The minimum atomic E-state index is -0.356. The predicted octanol–water partition coefficient (Wildman–Crippen LogP) is 8.53. The molecule has 3 saturated carbocycles. The molecule has 0 saturated heterocycles. The molecule has 0 heterocycles. The van der Waals surface area contributed by atoms with Gasteiger partial charge in [-0.3, -0.25) is 9.59 Å². The largest absolute Gasteiger partial charge is 0.465 e. The summed E-state index contributed by atoms with van der Waals surface area (Å²) in [6.07, 6.45) is 24.3. The molecule has 3 fully saturated rings. The first kappa shape index (κ1) is 37.2. The van der Waals surface area contributed by atoms with Crippen molar-refractivity contribution < 1.29 is 33.7 Å². The standard InChI is InChI=1S/C36H65NO7/c1-3-5-7-9-11-13-25-40-33-24-21-31(27-34(33)43-44-37)36(39)42-32-22-19-29(20-23-32)28-15-17-30(18-16-28)35(38)41-26-14-12-10-8-6-4-2/h28-34H,3-27,37H2,1-2H3. The number of hydrogen-bond donors (Lipinski definition) is 1. The lowest BCUT2D eigenvalue weighted by Gasteiger charge is -2.38. The fourth-order valence-corrected chi connectivity index (χ4v) is 7.73. The van der Waals surface area contributed by atoms with Crippen LogP contribution in [0, 0.1) is 23.7 Å². The third kappa shape index (κ3) is 13.6. The van der Waals surface area contributed by atoms with Crippen LogP contribution in [0.15, 0.2) is 0 Å². The number of unbranched alkanes of at least 4 members (excludes halogenated alkanes) is 10. The van der Waals surface area contributed by atoms with Crippen LogP contribution in [0.5, 0.6) is 0 Å². The van der Waals surface area contributed by atoms with Crippen LogP contribution in [0.4, 0.5) is 0 Å². The fourth-order valence-electron chi connectivity index (χ4n) is 7.73. The number of nitrogens with two attached hydrogens (primary N) is 1. The van der Waals surface area contributed by atoms with Gasteiger partial charge in [-0.15, -0.1) is 4.99 Å².